The van der Waals surface area contributed by atoms with Gasteiger partial charge >= 0.3 is 0 Å². The third-order valence-electron chi connectivity index (χ3n) is 3.29. The van der Waals surface area contributed by atoms with Gasteiger partial charge in [-0.3, -0.25) is 0 Å². The molecule has 1 aromatic carbocycles. The Labute approximate surface area is 129 Å². The fourth-order valence-electron chi connectivity index (χ4n) is 2.17. The molecule has 0 saturated heterocycles. The number of benzene rings is 1. The van der Waals surface area contributed by atoms with Crippen molar-refractivity contribution in [2.75, 3.05) is 0 Å². The summed E-state index contributed by atoms with van der Waals surface area (Å²) in [4.78, 5) is 8.91. The van der Waals surface area contributed by atoms with E-state index in [0.717, 1.165) is 11.0 Å². The predicted octanol–water partition coefficient (Wildman–Crippen LogP) is 5.15. The summed E-state index contributed by atoms with van der Waals surface area (Å²) < 4.78 is 5.88. The monoisotopic (exact) mass is 300 g/mol. The molecule has 0 radical (unpaired) electrons. The minimum absolute atomic E-state index is 0.164. The van der Waals surface area contributed by atoms with E-state index in [1.165, 1.54) is 5.56 Å². The first-order valence-electron chi connectivity index (χ1n) is 6.88. The highest BCUT2D eigenvalue weighted by Gasteiger charge is 2.20. The van der Waals surface area contributed by atoms with Crippen molar-refractivity contribution in [3.8, 4) is 11.5 Å². The van der Waals surface area contributed by atoms with Gasteiger partial charge in [-0.1, -0.05) is 44.0 Å². The summed E-state index contributed by atoms with van der Waals surface area (Å²) in [5, 5.41) is 1.50. The molecule has 0 atom stereocenters. The Morgan fingerprint density at radius 2 is 1.81 bits per heavy atom. The van der Waals surface area contributed by atoms with Crippen LogP contribution in [0.4, 0.5) is 0 Å². The molecular weight excluding hydrogens is 284 g/mol. The van der Waals surface area contributed by atoms with Gasteiger partial charge in [0, 0.05) is 16.9 Å². The SMILES string of the molecule is Cc1ccc2oc(-c3cc(Cl)nc(C(C)(C)C)n3)cc2c1. The lowest BCUT2D eigenvalue weighted by atomic mass is 9.95. The fourth-order valence-corrected chi connectivity index (χ4v) is 2.35. The van der Waals surface area contributed by atoms with Gasteiger partial charge in [-0.25, -0.2) is 9.97 Å². The third-order valence-corrected chi connectivity index (χ3v) is 3.48. The highest BCUT2D eigenvalue weighted by molar-refractivity contribution is 6.29. The topological polar surface area (TPSA) is 38.9 Å². The number of hydrogen-bond donors (Lipinski definition) is 0. The maximum absolute atomic E-state index is 6.14. The molecular formula is C17H17ClN2O. The Hall–Kier alpha value is -1.87. The molecule has 3 nitrogen and oxygen atoms in total. The summed E-state index contributed by atoms with van der Waals surface area (Å²) in [6.07, 6.45) is 0. The van der Waals surface area contributed by atoms with Crippen molar-refractivity contribution in [1.29, 1.82) is 0 Å². The first-order valence-corrected chi connectivity index (χ1v) is 7.26. The van der Waals surface area contributed by atoms with E-state index in [-0.39, 0.29) is 5.41 Å². The van der Waals surface area contributed by atoms with Gasteiger partial charge in [0.1, 0.15) is 22.3 Å². The van der Waals surface area contributed by atoms with Crippen LogP contribution < -0.4 is 0 Å². The van der Waals surface area contributed by atoms with Crippen LogP contribution in [0.2, 0.25) is 5.15 Å². The average molecular weight is 301 g/mol. The molecule has 0 bridgehead atoms. The van der Waals surface area contributed by atoms with Crippen LogP contribution in [-0.2, 0) is 5.41 Å². The molecule has 0 unspecified atom stereocenters. The Bertz CT molecular complexity index is 815. The molecule has 0 amide bonds. The molecule has 2 aromatic heterocycles. The van der Waals surface area contributed by atoms with Crippen molar-refractivity contribution in [2.45, 2.75) is 33.1 Å². The summed E-state index contributed by atoms with van der Waals surface area (Å²) in [5.74, 6) is 1.42. The van der Waals surface area contributed by atoms with E-state index in [2.05, 4.69) is 43.7 Å². The predicted molar refractivity (Wildman–Crippen MR) is 85.7 cm³/mol. The molecule has 3 rings (SSSR count). The van der Waals surface area contributed by atoms with Gasteiger partial charge in [-0.2, -0.15) is 0 Å². The second-order valence-electron chi connectivity index (χ2n) is 6.30. The maximum atomic E-state index is 6.14. The number of hydrogen-bond acceptors (Lipinski definition) is 3. The van der Waals surface area contributed by atoms with Crippen molar-refractivity contribution >= 4 is 22.6 Å². The first kappa shape index (κ1) is 14.1. The van der Waals surface area contributed by atoms with Crippen LogP contribution in [0.25, 0.3) is 22.4 Å². The van der Waals surface area contributed by atoms with Gasteiger partial charge in [-0.05, 0) is 25.1 Å². The van der Waals surface area contributed by atoms with Gasteiger partial charge in [0.25, 0.3) is 0 Å². The molecule has 4 heteroatoms. The van der Waals surface area contributed by atoms with E-state index < -0.39 is 0 Å². The molecule has 0 saturated carbocycles. The minimum Gasteiger partial charge on any atom is -0.454 e. The molecule has 2 heterocycles. The smallest absolute Gasteiger partial charge is 0.153 e. The quantitative estimate of drug-likeness (QED) is 0.583. The lowest BCUT2D eigenvalue weighted by Gasteiger charge is -2.16. The molecule has 0 fully saturated rings. The number of nitrogens with zero attached hydrogens (tertiary/aromatic N) is 2. The standard InChI is InChI=1S/C17H17ClN2O/c1-10-5-6-13-11(7-10)8-14(21-13)12-9-15(18)20-16(19-12)17(2,3)4/h5-9H,1-4H3. The number of aromatic nitrogens is 2. The summed E-state index contributed by atoms with van der Waals surface area (Å²) in [6.45, 7) is 8.24. The van der Waals surface area contributed by atoms with Crippen molar-refractivity contribution in [2.24, 2.45) is 0 Å². The van der Waals surface area contributed by atoms with E-state index in [1.54, 1.807) is 6.07 Å². The van der Waals surface area contributed by atoms with Crippen molar-refractivity contribution < 1.29 is 4.42 Å². The first-order chi connectivity index (χ1) is 9.83. The zero-order chi connectivity index (χ0) is 15.2. The summed E-state index contributed by atoms with van der Waals surface area (Å²) in [5.41, 5.74) is 2.60. The van der Waals surface area contributed by atoms with Crippen LogP contribution in [-0.4, -0.2) is 9.97 Å². The second kappa shape index (κ2) is 4.85. The number of fused-ring (bicyclic) bond motifs is 1. The Kier molecular flexibility index (Phi) is 3.25. The van der Waals surface area contributed by atoms with E-state index in [1.807, 2.05) is 18.2 Å². The highest BCUT2D eigenvalue weighted by Crippen LogP contribution is 2.30. The molecule has 0 aliphatic heterocycles. The van der Waals surface area contributed by atoms with Crippen LogP contribution in [0.15, 0.2) is 34.7 Å². The van der Waals surface area contributed by atoms with E-state index >= 15 is 0 Å². The second-order valence-corrected chi connectivity index (χ2v) is 6.69. The normalized spacial score (nSPS) is 12.0. The van der Waals surface area contributed by atoms with Crippen molar-refractivity contribution in [3.05, 3.63) is 46.9 Å². The van der Waals surface area contributed by atoms with Crippen LogP contribution in [0.3, 0.4) is 0 Å². The van der Waals surface area contributed by atoms with Crippen molar-refractivity contribution in [3.63, 3.8) is 0 Å². The zero-order valence-electron chi connectivity index (χ0n) is 12.6. The van der Waals surface area contributed by atoms with Crippen LogP contribution in [0, 0.1) is 6.92 Å². The van der Waals surface area contributed by atoms with Crippen molar-refractivity contribution in [1.82, 2.24) is 9.97 Å². The number of halogens is 1. The molecule has 0 spiro atoms. The van der Waals surface area contributed by atoms with Gasteiger partial charge in [0.2, 0.25) is 0 Å². The zero-order valence-corrected chi connectivity index (χ0v) is 13.3. The Morgan fingerprint density at radius 3 is 2.52 bits per heavy atom. The van der Waals surface area contributed by atoms with Crippen LogP contribution in [0.1, 0.15) is 32.2 Å². The largest absolute Gasteiger partial charge is 0.454 e. The van der Waals surface area contributed by atoms with Crippen LogP contribution >= 0.6 is 11.6 Å². The molecule has 0 aliphatic carbocycles. The Morgan fingerprint density at radius 1 is 1.05 bits per heavy atom. The average Bonchev–Trinajstić information content (AvgIpc) is 2.80. The molecule has 0 N–H and O–H groups in total. The van der Waals surface area contributed by atoms with E-state index in [9.17, 15) is 0 Å². The summed E-state index contributed by atoms with van der Waals surface area (Å²) >= 11 is 6.14. The summed E-state index contributed by atoms with van der Waals surface area (Å²) in [7, 11) is 0. The third kappa shape index (κ3) is 2.79. The van der Waals surface area contributed by atoms with E-state index in [0.29, 0.717) is 22.4 Å². The van der Waals surface area contributed by atoms with Gasteiger partial charge in [-0.15, -0.1) is 0 Å². The summed E-state index contributed by atoms with van der Waals surface area (Å²) in [6, 6.07) is 9.83. The number of rotatable bonds is 1. The molecule has 3 aromatic rings. The van der Waals surface area contributed by atoms with Gasteiger partial charge in [0.05, 0.1) is 0 Å². The lowest BCUT2D eigenvalue weighted by Crippen LogP contribution is -2.16. The van der Waals surface area contributed by atoms with Gasteiger partial charge < -0.3 is 4.42 Å². The lowest BCUT2D eigenvalue weighted by molar-refractivity contribution is 0.543. The number of aryl methyl sites for hydroxylation is 1. The number of furan rings is 1. The highest BCUT2D eigenvalue weighted by atomic mass is 35.5. The molecule has 108 valence electrons. The minimum atomic E-state index is -0.164. The van der Waals surface area contributed by atoms with Gasteiger partial charge in [0.15, 0.2) is 5.76 Å². The molecule has 0 aliphatic rings. The van der Waals surface area contributed by atoms with Crippen LogP contribution in [0.5, 0.6) is 0 Å². The van der Waals surface area contributed by atoms with E-state index in [4.69, 9.17) is 16.0 Å². The molecule has 21 heavy (non-hydrogen) atoms. The fraction of sp³-hybridized carbons (Fsp3) is 0.294. The maximum Gasteiger partial charge on any atom is 0.153 e. The Balaban J connectivity index is 2.16.